The van der Waals surface area contributed by atoms with E-state index < -0.39 is 0 Å². The van der Waals surface area contributed by atoms with Crippen LogP contribution in [-0.2, 0) is 6.54 Å². The summed E-state index contributed by atoms with van der Waals surface area (Å²) >= 11 is 0. The van der Waals surface area contributed by atoms with Gasteiger partial charge in [0.2, 0.25) is 5.88 Å². The van der Waals surface area contributed by atoms with Crippen LogP contribution in [0.15, 0.2) is 60.9 Å². The van der Waals surface area contributed by atoms with E-state index in [0.717, 1.165) is 48.7 Å². The highest BCUT2D eigenvalue weighted by atomic mass is 16.5. The Hall–Kier alpha value is -3.45. The van der Waals surface area contributed by atoms with Crippen LogP contribution in [0.5, 0.6) is 5.88 Å². The summed E-state index contributed by atoms with van der Waals surface area (Å²) in [4.78, 5) is 9.29. The van der Waals surface area contributed by atoms with Crippen molar-refractivity contribution in [3.05, 3.63) is 72.1 Å². The zero-order valence-corrected chi connectivity index (χ0v) is 18.6. The van der Waals surface area contributed by atoms with Gasteiger partial charge in [-0.2, -0.15) is 14.6 Å². The maximum absolute atomic E-state index is 6.28. The van der Waals surface area contributed by atoms with Gasteiger partial charge in [-0.1, -0.05) is 30.3 Å². The average molecular weight is 441 g/mol. The molecule has 1 atom stereocenters. The molecule has 168 valence electrons. The number of ether oxygens (including phenoxy) is 1. The van der Waals surface area contributed by atoms with E-state index in [0.29, 0.717) is 18.3 Å². The van der Waals surface area contributed by atoms with Crippen LogP contribution in [-0.4, -0.2) is 38.8 Å². The molecule has 3 aromatic heterocycles. The minimum absolute atomic E-state index is 0.160. The van der Waals surface area contributed by atoms with Crippen molar-refractivity contribution in [3.8, 4) is 17.1 Å². The molecular weight excluding hydrogens is 412 g/mol. The van der Waals surface area contributed by atoms with Crippen LogP contribution in [0.3, 0.4) is 0 Å². The number of hydrogen-bond donors (Lipinski definition) is 2. The third-order valence-electron chi connectivity index (χ3n) is 6.42. The molecule has 4 aromatic rings. The lowest BCUT2D eigenvalue weighted by atomic mass is 10.1. The summed E-state index contributed by atoms with van der Waals surface area (Å²) in [7, 11) is 0. The van der Waals surface area contributed by atoms with Crippen LogP contribution in [0.25, 0.3) is 16.9 Å². The van der Waals surface area contributed by atoms with Crippen LogP contribution in [0, 0.1) is 0 Å². The summed E-state index contributed by atoms with van der Waals surface area (Å²) in [6.07, 6.45) is 8.57. The molecule has 0 radical (unpaired) electrons. The van der Waals surface area contributed by atoms with Gasteiger partial charge >= 0.3 is 0 Å². The highest BCUT2D eigenvalue weighted by Gasteiger charge is 2.28. The molecule has 0 spiro atoms. The van der Waals surface area contributed by atoms with Crippen molar-refractivity contribution in [1.82, 2.24) is 24.9 Å². The van der Waals surface area contributed by atoms with Gasteiger partial charge in [-0.05, 0) is 55.8 Å². The summed E-state index contributed by atoms with van der Waals surface area (Å²) in [5, 5.41) is 11.6. The molecule has 1 saturated carbocycles. The number of aromatic nitrogens is 4. The number of pyridine rings is 1. The molecule has 4 heterocycles. The second-order valence-corrected chi connectivity index (χ2v) is 8.94. The smallest absolute Gasteiger partial charge is 0.219 e. The molecule has 7 heteroatoms. The van der Waals surface area contributed by atoms with Crippen molar-refractivity contribution in [2.45, 2.75) is 44.2 Å². The molecule has 2 fully saturated rings. The Morgan fingerprint density at radius 3 is 2.76 bits per heavy atom. The summed E-state index contributed by atoms with van der Waals surface area (Å²) in [5.74, 6) is 2.15. The number of nitrogens with one attached hydrogen (secondary N) is 2. The molecule has 1 unspecified atom stereocenters. The Bertz CT molecular complexity index is 1230. The first-order chi connectivity index (χ1) is 16.3. The lowest BCUT2D eigenvalue weighted by molar-refractivity contribution is 0.161. The number of anilines is 1. The SMILES string of the molecule is c1ccc(-c2ccc(CNc3cc(OC4CCCNC4)nc4c(C5CC5)cnn34)cc2)nc1. The number of piperidine rings is 1. The van der Waals surface area contributed by atoms with E-state index >= 15 is 0 Å². The normalized spacial score (nSPS) is 18.4. The van der Waals surface area contributed by atoms with Crippen LogP contribution in [0.4, 0.5) is 5.82 Å². The Morgan fingerprint density at radius 1 is 1.09 bits per heavy atom. The number of fused-ring (bicyclic) bond motifs is 1. The fraction of sp³-hybridized carbons (Fsp3) is 0.346. The molecule has 2 N–H and O–H groups in total. The third kappa shape index (κ3) is 4.41. The first-order valence-corrected chi connectivity index (χ1v) is 11.8. The summed E-state index contributed by atoms with van der Waals surface area (Å²) in [6, 6.07) is 16.5. The molecule has 33 heavy (non-hydrogen) atoms. The topological polar surface area (TPSA) is 76.4 Å². The molecule has 7 nitrogen and oxygen atoms in total. The van der Waals surface area contributed by atoms with Crippen molar-refractivity contribution in [1.29, 1.82) is 0 Å². The first-order valence-electron chi connectivity index (χ1n) is 11.8. The Morgan fingerprint density at radius 2 is 2.00 bits per heavy atom. The van der Waals surface area contributed by atoms with Gasteiger partial charge < -0.3 is 15.4 Å². The van der Waals surface area contributed by atoms with Gasteiger partial charge in [-0.15, -0.1) is 0 Å². The van der Waals surface area contributed by atoms with Crippen molar-refractivity contribution >= 4 is 11.5 Å². The predicted molar refractivity (Wildman–Crippen MR) is 128 cm³/mol. The van der Waals surface area contributed by atoms with Crippen LogP contribution in [0.1, 0.15) is 42.7 Å². The largest absolute Gasteiger partial charge is 0.473 e. The Balaban J connectivity index is 1.24. The second kappa shape index (κ2) is 8.83. The van der Waals surface area contributed by atoms with Gasteiger partial charge in [0, 0.05) is 36.5 Å². The van der Waals surface area contributed by atoms with E-state index in [1.807, 2.05) is 41.2 Å². The van der Waals surface area contributed by atoms with Gasteiger partial charge in [0.1, 0.15) is 11.9 Å². The lowest BCUT2D eigenvalue weighted by Crippen LogP contribution is -2.37. The maximum Gasteiger partial charge on any atom is 0.219 e. The fourth-order valence-corrected chi connectivity index (χ4v) is 4.44. The van der Waals surface area contributed by atoms with Crippen LogP contribution in [0.2, 0.25) is 0 Å². The quantitative estimate of drug-likeness (QED) is 0.443. The van der Waals surface area contributed by atoms with Gasteiger partial charge in [-0.25, -0.2) is 0 Å². The van der Waals surface area contributed by atoms with E-state index in [-0.39, 0.29) is 6.10 Å². The van der Waals surface area contributed by atoms with Crippen LogP contribution < -0.4 is 15.4 Å². The first kappa shape index (κ1) is 20.2. The van der Waals surface area contributed by atoms with Crippen LogP contribution >= 0.6 is 0 Å². The number of rotatable bonds is 7. The number of nitrogens with zero attached hydrogens (tertiary/aromatic N) is 4. The molecule has 1 aliphatic heterocycles. The van der Waals surface area contributed by atoms with E-state index in [9.17, 15) is 0 Å². The molecule has 2 aliphatic rings. The zero-order chi connectivity index (χ0) is 22.0. The predicted octanol–water partition coefficient (Wildman–Crippen LogP) is 4.41. The zero-order valence-electron chi connectivity index (χ0n) is 18.6. The van der Waals surface area contributed by atoms with Gasteiger partial charge in [0.25, 0.3) is 0 Å². The Labute approximate surface area is 193 Å². The lowest BCUT2D eigenvalue weighted by Gasteiger charge is -2.23. The molecule has 1 aromatic carbocycles. The molecule has 1 saturated heterocycles. The third-order valence-corrected chi connectivity index (χ3v) is 6.42. The van der Waals surface area contributed by atoms with E-state index in [1.54, 1.807) is 0 Å². The summed E-state index contributed by atoms with van der Waals surface area (Å²) in [6.45, 7) is 2.62. The van der Waals surface area contributed by atoms with Gasteiger partial charge in [-0.3, -0.25) is 4.98 Å². The van der Waals surface area contributed by atoms with Crippen molar-refractivity contribution in [2.24, 2.45) is 0 Å². The molecule has 1 aliphatic carbocycles. The van der Waals surface area contributed by atoms with Gasteiger partial charge in [0.05, 0.1) is 11.9 Å². The Kier molecular flexibility index (Phi) is 5.40. The molecular formula is C26H28N6O. The van der Waals surface area contributed by atoms with Crippen molar-refractivity contribution in [3.63, 3.8) is 0 Å². The highest BCUT2D eigenvalue weighted by Crippen LogP contribution is 2.42. The highest BCUT2D eigenvalue weighted by molar-refractivity contribution is 5.60. The number of hydrogen-bond acceptors (Lipinski definition) is 6. The van der Waals surface area contributed by atoms with Crippen molar-refractivity contribution < 1.29 is 4.74 Å². The summed E-state index contributed by atoms with van der Waals surface area (Å²) < 4.78 is 8.20. The average Bonchev–Trinajstić information content (AvgIpc) is 3.63. The second-order valence-electron chi connectivity index (χ2n) is 8.94. The molecule has 6 rings (SSSR count). The van der Waals surface area contributed by atoms with Crippen molar-refractivity contribution in [2.75, 3.05) is 18.4 Å². The standard InChI is InChI=1S/C26H28N6O/c1-2-13-28-23(5-1)20-8-6-18(7-9-20)15-29-24-14-25(33-21-4-3-12-27-16-21)31-26-22(19-10-11-19)17-30-32(24)26/h1-2,5-9,13-14,17,19,21,27,29H,3-4,10-12,15-16H2. The van der Waals surface area contributed by atoms with Gasteiger partial charge in [0.15, 0.2) is 5.65 Å². The minimum atomic E-state index is 0.160. The minimum Gasteiger partial charge on any atom is -0.473 e. The monoisotopic (exact) mass is 440 g/mol. The molecule has 0 amide bonds. The van der Waals surface area contributed by atoms with E-state index in [2.05, 4.69) is 45.0 Å². The maximum atomic E-state index is 6.28. The fourth-order valence-electron chi connectivity index (χ4n) is 4.44. The molecule has 0 bridgehead atoms. The summed E-state index contributed by atoms with van der Waals surface area (Å²) in [5.41, 5.74) is 5.42. The number of benzene rings is 1. The van der Waals surface area contributed by atoms with E-state index in [1.165, 1.54) is 24.0 Å². The van der Waals surface area contributed by atoms with E-state index in [4.69, 9.17) is 9.72 Å².